The number of fused-ring (bicyclic) bond motifs is 1. The lowest BCUT2D eigenvalue weighted by atomic mass is 10.3. The first kappa shape index (κ1) is 11.5. The van der Waals surface area contributed by atoms with Crippen LogP contribution in [-0.2, 0) is 4.79 Å². The molecule has 0 fully saturated rings. The van der Waals surface area contributed by atoms with E-state index in [2.05, 4.69) is 5.32 Å². The van der Waals surface area contributed by atoms with Crippen molar-refractivity contribution in [2.75, 3.05) is 13.1 Å². The molecule has 6 heteroatoms. The van der Waals surface area contributed by atoms with E-state index in [1.54, 1.807) is 18.2 Å². The van der Waals surface area contributed by atoms with Crippen LogP contribution in [0.3, 0.4) is 0 Å². The van der Waals surface area contributed by atoms with E-state index in [9.17, 15) is 9.70 Å². The molecule has 1 aliphatic heterocycles. The van der Waals surface area contributed by atoms with Crippen molar-refractivity contribution < 1.29 is 14.3 Å². The van der Waals surface area contributed by atoms with Gasteiger partial charge in [0, 0.05) is 17.5 Å². The van der Waals surface area contributed by atoms with Gasteiger partial charge in [0.05, 0.1) is 17.7 Å². The molecular weight excluding hydrogens is 222 g/mol. The standard InChI is InChI=1S/C11H13N3O3/c12-7-10(15)13-6-5-11-14(16)8-3-1-2-4-9(8)17-11/h1-4,11H,5-7,12H2/p+1. The fraction of sp³-hybridized carbons (Fsp3) is 0.364. The minimum atomic E-state index is -0.578. The highest BCUT2D eigenvalue weighted by Gasteiger charge is 2.39. The maximum Gasteiger partial charge on any atom is 0.352 e. The molecule has 1 aliphatic rings. The first-order valence-corrected chi connectivity index (χ1v) is 5.41. The van der Waals surface area contributed by atoms with Crippen molar-refractivity contribution in [1.82, 2.24) is 5.32 Å². The van der Waals surface area contributed by atoms with Crippen LogP contribution in [0.25, 0.3) is 0 Å². The number of carbonyl (C=O) groups is 1. The zero-order chi connectivity index (χ0) is 12.3. The topological polar surface area (TPSA) is 84.4 Å². The van der Waals surface area contributed by atoms with E-state index in [0.717, 1.165) is 4.76 Å². The first-order valence-electron chi connectivity index (χ1n) is 5.41. The summed E-state index contributed by atoms with van der Waals surface area (Å²) in [5, 5.41) is 2.60. The molecule has 90 valence electrons. The number of benzene rings is 1. The maximum atomic E-state index is 11.8. The number of nitrogens with one attached hydrogen (secondary N) is 1. The first-order chi connectivity index (χ1) is 8.22. The van der Waals surface area contributed by atoms with Crippen molar-refractivity contribution in [3.05, 3.63) is 29.2 Å². The Balaban J connectivity index is 1.90. The number of hydrogen-bond donors (Lipinski definition) is 2. The van der Waals surface area contributed by atoms with E-state index >= 15 is 0 Å². The van der Waals surface area contributed by atoms with Crippen LogP contribution in [0.4, 0.5) is 5.69 Å². The summed E-state index contributed by atoms with van der Waals surface area (Å²) in [4.78, 5) is 22.7. The number of ether oxygens (including phenoxy) is 1. The average molecular weight is 236 g/mol. The molecule has 1 amide bonds. The molecule has 1 aromatic rings. The van der Waals surface area contributed by atoms with Crippen molar-refractivity contribution in [3.63, 3.8) is 0 Å². The number of nitrogens with two attached hydrogens (primary N) is 1. The fourth-order valence-electron chi connectivity index (χ4n) is 1.67. The summed E-state index contributed by atoms with van der Waals surface area (Å²) in [5.74, 6) is 0.343. The third-order valence-corrected chi connectivity index (χ3v) is 2.53. The largest absolute Gasteiger partial charge is 0.423 e. The molecule has 2 rings (SSSR count). The van der Waals surface area contributed by atoms with Gasteiger partial charge in [0.25, 0.3) is 0 Å². The van der Waals surface area contributed by atoms with E-state index in [1.165, 1.54) is 0 Å². The van der Waals surface area contributed by atoms with Crippen molar-refractivity contribution in [2.24, 2.45) is 5.73 Å². The van der Waals surface area contributed by atoms with Gasteiger partial charge in [-0.15, -0.1) is 0 Å². The average Bonchev–Trinajstić information content (AvgIpc) is 2.67. The summed E-state index contributed by atoms with van der Waals surface area (Å²) < 4.78 is 6.29. The number of nitroso groups, excluding NO2 is 1. The summed E-state index contributed by atoms with van der Waals surface area (Å²) in [6.45, 7) is 0.320. The molecule has 0 saturated carbocycles. The lowest BCUT2D eigenvalue weighted by molar-refractivity contribution is -0.529. The smallest absolute Gasteiger partial charge is 0.352 e. The van der Waals surface area contributed by atoms with Crippen LogP contribution in [-0.4, -0.2) is 30.0 Å². The van der Waals surface area contributed by atoms with Gasteiger partial charge in [-0.2, -0.15) is 0 Å². The van der Waals surface area contributed by atoms with Crippen molar-refractivity contribution in [1.29, 1.82) is 0 Å². The minimum Gasteiger partial charge on any atom is -0.423 e. The molecule has 0 spiro atoms. The van der Waals surface area contributed by atoms with Gasteiger partial charge in [0.2, 0.25) is 11.7 Å². The molecule has 17 heavy (non-hydrogen) atoms. The van der Waals surface area contributed by atoms with Crippen LogP contribution >= 0.6 is 0 Å². The molecule has 1 aromatic carbocycles. The van der Waals surface area contributed by atoms with Gasteiger partial charge < -0.3 is 15.8 Å². The summed E-state index contributed by atoms with van der Waals surface area (Å²) in [6.07, 6.45) is -0.158. The van der Waals surface area contributed by atoms with E-state index in [4.69, 9.17) is 10.5 Å². The second kappa shape index (κ2) is 4.92. The molecule has 0 aromatic heterocycles. The number of hydrogen-bond acceptors (Lipinski definition) is 4. The van der Waals surface area contributed by atoms with E-state index in [-0.39, 0.29) is 12.5 Å². The summed E-state index contributed by atoms with van der Waals surface area (Å²) in [6, 6.07) is 7.05. The Labute approximate surface area is 98.3 Å². The third-order valence-electron chi connectivity index (χ3n) is 2.53. The Hall–Kier alpha value is -1.95. The monoisotopic (exact) mass is 236 g/mol. The molecule has 0 aliphatic carbocycles. The van der Waals surface area contributed by atoms with Gasteiger partial charge in [-0.25, -0.2) is 0 Å². The highest BCUT2D eigenvalue weighted by Crippen LogP contribution is 2.35. The molecule has 0 radical (unpaired) electrons. The fourth-order valence-corrected chi connectivity index (χ4v) is 1.67. The summed E-state index contributed by atoms with van der Waals surface area (Å²) in [5.41, 5.74) is 5.68. The highest BCUT2D eigenvalue weighted by molar-refractivity contribution is 5.77. The van der Waals surface area contributed by atoms with Gasteiger partial charge in [-0.05, 0) is 6.07 Å². The zero-order valence-electron chi connectivity index (χ0n) is 9.26. The number of para-hydroxylation sites is 2. The van der Waals surface area contributed by atoms with E-state index in [0.29, 0.717) is 24.4 Å². The second-order valence-electron chi connectivity index (χ2n) is 3.71. The molecular formula is C11H14N3O3+. The van der Waals surface area contributed by atoms with Gasteiger partial charge in [0.1, 0.15) is 0 Å². The van der Waals surface area contributed by atoms with Crippen molar-refractivity contribution >= 4 is 11.6 Å². The van der Waals surface area contributed by atoms with E-state index < -0.39 is 6.23 Å². The van der Waals surface area contributed by atoms with Crippen LogP contribution in [0.1, 0.15) is 6.42 Å². The summed E-state index contributed by atoms with van der Waals surface area (Å²) >= 11 is 0. The second-order valence-corrected chi connectivity index (χ2v) is 3.71. The highest BCUT2D eigenvalue weighted by atomic mass is 16.5. The van der Waals surface area contributed by atoms with Gasteiger partial charge in [0.15, 0.2) is 0 Å². The number of rotatable bonds is 4. The quantitative estimate of drug-likeness (QED) is 0.735. The molecule has 0 saturated heterocycles. The SMILES string of the molecule is NCC(=O)NCCC1Oc2ccccc2[N+]1=O. The van der Waals surface area contributed by atoms with Crippen LogP contribution in [0.15, 0.2) is 24.3 Å². The van der Waals surface area contributed by atoms with Gasteiger partial charge >= 0.3 is 11.9 Å². The number of carbonyl (C=O) groups excluding carboxylic acids is 1. The lowest BCUT2D eigenvalue weighted by Crippen LogP contribution is -2.34. The molecule has 1 heterocycles. The minimum absolute atomic E-state index is 0.0488. The third kappa shape index (κ3) is 2.42. The molecule has 1 atom stereocenters. The Morgan fingerprint density at radius 2 is 2.24 bits per heavy atom. The van der Waals surface area contributed by atoms with Crippen molar-refractivity contribution in [3.8, 4) is 5.75 Å². The number of amides is 1. The Bertz CT molecular complexity index is 447. The zero-order valence-corrected chi connectivity index (χ0v) is 9.26. The lowest BCUT2D eigenvalue weighted by Gasteiger charge is -2.04. The Morgan fingerprint density at radius 1 is 1.47 bits per heavy atom. The molecule has 3 N–H and O–H groups in total. The van der Waals surface area contributed by atoms with Gasteiger partial charge in [-0.1, -0.05) is 12.1 Å². The normalized spacial score (nSPS) is 17.5. The van der Waals surface area contributed by atoms with E-state index in [1.807, 2.05) is 6.07 Å². The van der Waals surface area contributed by atoms with Crippen LogP contribution < -0.4 is 15.8 Å². The maximum absolute atomic E-state index is 11.8. The molecule has 1 unspecified atom stereocenters. The van der Waals surface area contributed by atoms with Crippen molar-refractivity contribution in [2.45, 2.75) is 12.6 Å². The Morgan fingerprint density at radius 3 is 2.94 bits per heavy atom. The summed E-state index contributed by atoms with van der Waals surface area (Å²) in [7, 11) is 0. The Kier molecular flexibility index (Phi) is 3.34. The van der Waals surface area contributed by atoms with Crippen LogP contribution in [0.2, 0.25) is 0 Å². The van der Waals surface area contributed by atoms with Crippen LogP contribution in [0, 0.1) is 4.91 Å². The number of nitrogens with zero attached hydrogens (tertiary/aromatic N) is 1. The predicted molar refractivity (Wildman–Crippen MR) is 60.8 cm³/mol. The predicted octanol–water partition coefficient (Wildman–Crippen LogP) is 0.281. The molecule has 6 nitrogen and oxygen atoms in total. The van der Waals surface area contributed by atoms with Crippen LogP contribution in [0.5, 0.6) is 5.75 Å². The van der Waals surface area contributed by atoms with Gasteiger partial charge in [-0.3, -0.25) is 4.79 Å². The molecule has 0 bridgehead atoms.